The van der Waals surface area contributed by atoms with Gasteiger partial charge in [0.1, 0.15) is 0 Å². The number of piperidine rings is 1. The number of nitrogens with one attached hydrogen (secondary N) is 1. The highest BCUT2D eigenvalue weighted by atomic mass is 32.1. The highest BCUT2D eigenvalue weighted by Crippen LogP contribution is 2.29. The number of aromatic nitrogens is 1. The van der Waals surface area contributed by atoms with Gasteiger partial charge in [-0.05, 0) is 26.7 Å². The van der Waals surface area contributed by atoms with Crippen LogP contribution in [0.15, 0.2) is 5.38 Å². The number of aryl methyl sites for hydroxylation is 1. The lowest BCUT2D eigenvalue weighted by Gasteiger charge is -2.37. The molecule has 0 radical (unpaired) electrons. The molecule has 0 saturated carbocycles. The van der Waals surface area contributed by atoms with E-state index in [0.717, 1.165) is 10.7 Å². The zero-order chi connectivity index (χ0) is 14.8. The molecule has 6 nitrogen and oxygen atoms in total. The van der Waals surface area contributed by atoms with Crippen LogP contribution in [0.1, 0.15) is 30.5 Å². The molecule has 1 atom stereocenters. The van der Waals surface area contributed by atoms with Gasteiger partial charge in [-0.2, -0.15) is 0 Å². The van der Waals surface area contributed by atoms with Crippen molar-refractivity contribution in [2.45, 2.75) is 33.2 Å². The van der Waals surface area contributed by atoms with Crippen LogP contribution in [0.5, 0.6) is 0 Å². The topological polar surface area (TPSA) is 82.5 Å². The van der Waals surface area contributed by atoms with Crippen molar-refractivity contribution in [3.8, 4) is 0 Å². The van der Waals surface area contributed by atoms with Crippen molar-refractivity contribution in [2.75, 3.05) is 13.1 Å². The van der Waals surface area contributed by atoms with Crippen LogP contribution in [0.4, 0.5) is 4.79 Å². The largest absolute Gasteiger partial charge is 0.481 e. The van der Waals surface area contributed by atoms with E-state index in [0.29, 0.717) is 25.9 Å². The quantitative estimate of drug-likeness (QED) is 0.892. The second-order valence-corrected chi connectivity index (χ2v) is 6.47. The van der Waals surface area contributed by atoms with Gasteiger partial charge in [-0.25, -0.2) is 9.78 Å². The van der Waals surface area contributed by atoms with Crippen LogP contribution in [0, 0.1) is 12.3 Å². The molecular weight excluding hydrogens is 278 g/mol. The van der Waals surface area contributed by atoms with Gasteiger partial charge in [0.25, 0.3) is 0 Å². The predicted molar refractivity (Wildman–Crippen MR) is 75.6 cm³/mol. The molecule has 0 aromatic carbocycles. The number of urea groups is 1. The molecule has 2 N–H and O–H groups in total. The molecule has 110 valence electrons. The molecule has 1 unspecified atom stereocenters. The van der Waals surface area contributed by atoms with E-state index in [2.05, 4.69) is 10.3 Å². The molecule has 1 aromatic rings. The monoisotopic (exact) mass is 297 g/mol. The maximum Gasteiger partial charge on any atom is 0.317 e. The summed E-state index contributed by atoms with van der Waals surface area (Å²) < 4.78 is 0. The van der Waals surface area contributed by atoms with Crippen molar-refractivity contribution in [1.82, 2.24) is 15.2 Å². The molecule has 2 rings (SSSR count). The molecule has 1 saturated heterocycles. The minimum absolute atomic E-state index is 0.220. The Labute approximate surface area is 121 Å². The number of likely N-dealkylation sites (tertiary alicyclic amines) is 1. The second kappa shape index (κ2) is 5.78. The maximum atomic E-state index is 12.1. The highest BCUT2D eigenvalue weighted by Gasteiger charge is 2.39. The summed E-state index contributed by atoms with van der Waals surface area (Å²) in [5.41, 5.74) is -0.00819. The lowest BCUT2D eigenvalue weighted by molar-refractivity contribution is -0.150. The van der Waals surface area contributed by atoms with Gasteiger partial charge in [0, 0.05) is 18.5 Å². The smallest absolute Gasteiger partial charge is 0.317 e. The van der Waals surface area contributed by atoms with Crippen molar-refractivity contribution in [3.63, 3.8) is 0 Å². The van der Waals surface area contributed by atoms with E-state index < -0.39 is 11.4 Å². The lowest BCUT2D eigenvalue weighted by Crippen LogP contribution is -2.51. The summed E-state index contributed by atoms with van der Waals surface area (Å²) in [6.07, 6.45) is 1.32. The first-order valence-corrected chi connectivity index (χ1v) is 7.46. The molecule has 2 amide bonds. The van der Waals surface area contributed by atoms with Crippen molar-refractivity contribution < 1.29 is 14.7 Å². The number of thiazole rings is 1. The summed E-state index contributed by atoms with van der Waals surface area (Å²) in [6.45, 7) is 4.84. The Kier molecular flexibility index (Phi) is 4.27. The summed E-state index contributed by atoms with van der Waals surface area (Å²) in [7, 11) is 0. The first-order chi connectivity index (χ1) is 9.40. The van der Waals surface area contributed by atoms with Crippen molar-refractivity contribution >= 4 is 23.3 Å². The number of aliphatic carboxylic acids is 1. The highest BCUT2D eigenvalue weighted by molar-refractivity contribution is 7.09. The molecule has 1 aromatic heterocycles. The Morgan fingerprint density at radius 2 is 2.35 bits per heavy atom. The molecule has 0 spiro atoms. The molecule has 1 fully saturated rings. The Bertz CT molecular complexity index is 517. The summed E-state index contributed by atoms with van der Waals surface area (Å²) in [4.78, 5) is 29.2. The second-order valence-electron chi connectivity index (χ2n) is 5.41. The number of carbonyl (C=O) groups excluding carboxylic acids is 1. The SMILES string of the molecule is Cc1nc(CNC(=O)N2CCCC(C)(C(=O)O)C2)cs1. The standard InChI is InChI=1S/C13H19N3O3S/c1-9-15-10(7-20-9)6-14-12(19)16-5-3-4-13(2,8-16)11(17)18/h7H,3-6,8H2,1-2H3,(H,14,19)(H,17,18). The molecule has 0 bridgehead atoms. The van der Waals surface area contributed by atoms with Gasteiger partial charge in [-0.3, -0.25) is 4.79 Å². The van der Waals surface area contributed by atoms with Crippen molar-refractivity contribution in [2.24, 2.45) is 5.41 Å². The number of hydrogen-bond donors (Lipinski definition) is 2. The minimum atomic E-state index is -0.842. The van der Waals surface area contributed by atoms with Crippen molar-refractivity contribution in [1.29, 1.82) is 0 Å². The number of rotatable bonds is 3. The van der Waals surface area contributed by atoms with E-state index in [1.54, 1.807) is 23.2 Å². The number of hydrogen-bond acceptors (Lipinski definition) is 4. The third kappa shape index (κ3) is 3.27. The van der Waals surface area contributed by atoms with Crippen LogP contribution in [-0.4, -0.2) is 40.1 Å². The summed E-state index contributed by atoms with van der Waals surface area (Å²) in [5, 5.41) is 14.9. The van der Waals surface area contributed by atoms with Crippen LogP contribution in [0.25, 0.3) is 0 Å². The number of nitrogens with zero attached hydrogens (tertiary/aromatic N) is 2. The third-order valence-electron chi connectivity index (χ3n) is 3.59. The Morgan fingerprint density at radius 3 is 2.95 bits per heavy atom. The van der Waals surface area contributed by atoms with Crippen LogP contribution < -0.4 is 5.32 Å². The van der Waals surface area contributed by atoms with Gasteiger partial charge >= 0.3 is 12.0 Å². The first kappa shape index (κ1) is 14.8. The molecule has 1 aliphatic heterocycles. The van der Waals surface area contributed by atoms with Crippen LogP contribution in [0.3, 0.4) is 0 Å². The van der Waals surface area contributed by atoms with Gasteiger partial charge in [0.2, 0.25) is 0 Å². The number of carboxylic acids is 1. The average molecular weight is 297 g/mol. The van der Waals surface area contributed by atoms with Gasteiger partial charge in [0.15, 0.2) is 0 Å². The van der Waals surface area contributed by atoms with Gasteiger partial charge < -0.3 is 15.3 Å². The fourth-order valence-corrected chi connectivity index (χ4v) is 2.97. The zero-order valence-electron chi connectivity index (χ0n) is 11.7. The maximum absolute atomic E-state index is 12.1. The van der Waals surface area contributed by atoms with Crippen LogP contribution >= 0.6 is 11.3 Å². The molecule has 2 heterocycles. The summed E-state index contributed by atoms with van der Waals surface area (Å²) in [5.74, 6) is -0.842. The minimum Gasteiger partial charge on any atom is -0.481 e. The van der Waals surface area contributed by atoms with E-state index in [1.807, 2.05) is 12.3 Å². The number of amides is 2. The normalized spacial score (nSPS) is 22.6. The van der Waals surface area contributed by atoms with Crippen LogP contribution in [-0.2, 0) is 11.3 Å². The molecule has 0 aliphatic carbocycles. The van der Waals surface area contributed by atoms with E-state index in [4.69, 9.17) is 0 Å². The lowest BCUT2D eigenvalue weighted by atomic mass is 9.82. The van der Waals surface area contributed by atoms with E-state index in [1.165, 1.54) is 0 Å². The fourth-order valence-electron chi connectivity index (χ4n) is 2.35. The summed E-state index contributed by atoms with van der Waals surface area (Å²) >= 11 is 1.54. The fraction of sp³-hybridized carbons (Fsp3) is 0.615. The van der Waals surface area contributed by atoms with E-state index >= 15 is 0 Å². The molecule has 7 heteroatoms. The third-order valence-corrected chi connectivity index (χ3v) is 4.41. The molecule has 1 aliphatic rings. The Morgan fingerprint density at radius 1 is 1.60 bits per heavy atom. The predicted octanol–water partition coefficient (Wildman–Crippen LogP) is 1.85. The van der Waals surface area contributed by atoms with E-state index in [9.17, 15) is 14.7 Å². The molecular formula is C13H19N3O3S. The van der Waals surface area contributed by atoms with Crippen LogP contribution in [0.2, 0.25) is 0 Å². The van der Waals surface area contributed by atoms with Gasteiger partial charge in [-0.1, -0.05) is 0 Å². The Hall–Kier alpha value is -1.63. The number of carbonyl (C=O) groups is 2. The van der Waals surface area contributed by atoms with E-state index in [-0.39, 0.29) is 12.6 Å². The summed E-state index contributed by atoms with van der Waals surface area (Å²) in [6, 6.07) is -0.220. The zero-order valence-corrected chi connectivity index (χ0v) is 12.5. The number of carboxylic acid groups (broad SMARTS) is 1. The molecule has 20 heavy (non-hydrogen) atoms. The van der Waals surface area contributed by atoms with Gasteiger partial charge in [0.05, 0.1) is 22.7 Å². The average Bonchev–Trinajstić information content (AvgIpc) is 2.81. The Balaban J connectivity index is 1.90. The van der Waals surface area contributed by atoms with Gasteiger partial charge in [-0.15, -0.1) is 11.3 Å². The van der Waals surface area contributed by atoms with Crippen molar-refractivity contribution in [3.05, 3.63) is 16.1 Å². The first-order valence-electron chi connectivity index (χ1n) is 6.58.